The van der Waals surface area contributed by atoms with E-state index < -0.39 is 0 Å². The van der Waals surface area contributed by atoms with Gasteiger partial charge in [-0.1, -0.05) is 59.3 Å². The molecule has 0 bridgehead atoms. The van der Waals surface area contributed by atoms with Crippen molar-refractivity contribution < 1.29 is 0 Å². The maximum absolute atomic E-state index is 5.55. The second kappa shape index (κ2) is 8.96. The Morgan fingerprint density at radius 3 is 1.22 bits per heavy atom. The molecule has 0 heterocycles. The molecule has 0 aromatic rings. The van der Waals surface area contributed by atoms with Crippen molar-refractivity contribution in [3.8, 4) is 0 Å². The van der Waals surface area contributed by atoms with Gasteiger partial charge in [0.2, 0.25) is 0 Å². The fraction of sp³-hybridized carbons (Fsp3) is 1.00. The van der Waals surface area contributed by atoms with Gasteiger partial charge in [-0.25, -0.2) is 0 Å². The van der Waals surface area contributed by atoms with E-state index in [-0.39, 0.29) is 0 Å². The van der Waals surface area contributed by atoms with Crippen LogP contribution in [0.4, 0.5) is 0 Å². The third kappa shape index (κ3) is 5.30. The molecule has 2 aliphatic carbocycles. The van der Waals surface area contributed by atoms with Crippen LogP contribution in [0, 0.1) is 23.7 Å². The molecule has 1 heteroatoms. The van der Waals surface area contributed by atoms with Crippen LogP contribution in [0.3, 0.4) is 0 Å². The van der Waals surface area contributed by atoms with E-state index in [0.29, 0.717) is 0 Å². The molecule has 0 aromatic heterocycles. The fourth-order valence-electron chi connectivity index (χ4n) is 3.68. The maximum atomic E-state index is 5.55. The van der Waals surface area contributed by atoms with Gasteiger partial charge in [-0.15, -0.1) is 0 Å². The van der Waals surface area contributed by atoms with Crippen molar-refractivity contribution in [1.82, 2.24) is 0 Å². The monoisotopic (exact) mass is 253 g/mol. The van der Waals surface area contributed by atoms with Gasteiger partial charge >= 0.3 is 0 Å². The first-order chi connectivity index (χ1) is 8.73. The van der Waals surface area contributed by atoms with Crippen LogP contribution in [0.15, 0.2) is 0 Å². The summed E-state index contributed by atoms with van der Waals surface area (Å²) in [5.41, 5.74) is 5.55. The topological polar surface area (TPSA) is 26.0 Å². The van der Waals surface area contributed by atoms with E-state index in [2.05, 4.69) is 20.8 Å². The van der Waals surface area contributed by atoms with Crippen molar-refractivity contribution in [1.29, 1.82) is 0 Å². The van der Waals surface area contributed by atoms with E-state index in [1.54, 1.807) is 0 Å². The summed E-state index contributed by atoms with van der Waals surface area (Å²) in [4.78, 5) is 0. The Morgan fingerprint density at radius 1 is 0.667 bits per heavy atom. The maximum Gasteiger partial charge on any atom is -0.00488 e. The molecule has 2 saturated carbocycles. The SMILES string of the molecule is CCC1CC[C@H](CN)C1.CC[C@H]1CC[C@H](CC)C1. The number of nitrogens with two attached hydrogens (primary N) is 1. The summed E-state index contributed by atoms with van der Waals surface area (Å²) in [6.07, 6.45) is 12.9. The predicted octanol–water partition coefficient (Wildman–Crippen LogP) is 4.99. The number of hydrogen-bond acceptors (Lipinski definition) is 1. The van der Waals surface area contributed by atoms with E-state index in [1.165, 1.54) is 57.8 Å². The van der Waals surface area contributed by atoms with Crippen LogP contribution in [0.25, 0.3) is 0 Å². The van der Waals surface area contributed by atoms with Crippen molar-refractivity contribution in [3.05, 3.63) is 0 Å². The van der Waals surface area contributed by atoms with E-state index in [1.807, 2.05) is 0 Å². The smallest absolute Gasteiger partial charge is 0.00488 e. The summed E-state index contributed by atoms with van der Waals surface area (Å²) in [6, 6.07) is 0. The van der Waals surface area contributed by atoms with Gasteiger partial charge in [-0.2, -0.15) is 0 Å². The minimum absolute atomic E-state index is 0.856. The average molecular weight is 253 g/mol. The molecule has 0 saturated heterocycles. The van der Waals surface area contributed by atoms with Crippen LogP contribution in [0.2, 0.25) is 0 Å². The minimum atomic E-state index is 0.856. The molecule has 108 valence electrons. The molecule has 1 unspecified atom stereocenters. The Bertz CT molecular complexity index is 160. The zero-order chi connectivity index (χ0) is 13.4. The Balaban J connectivity index is 0.000000180. The van der Waals surface area contributed by atoms with Crippen LogP contribution in [-0.2, 0) is 0 Å². The van der Waals surface area contributed by atoms with Crippen molar-refractivity contribution in [2.75, 3.05) is 6.54 Å². The lowest BCUT2D eigenvalue weighted by Crippen LogP contribution is -2.10. The zero-order valence-corrected chi connectivity index (χ0v) is 13.0. The minimum Gasteiger partial charge on any atom is -0.330 e. The first-order valence-electron chi connectivity index (χ1n) is 8.43. The summed E-state index contributed by atoms with van der Waals surface area (Å²) in [5, 5.41) is 0. The normalized spacial score (nSPS) is 35.3. The Morgan fingerprint density at radius 2 is 1.00 bits per heavy atom. The quantitative estimate of drug-likeness (QED) is 0.750. The summed E-state index contributed by atoms with van der Waals surface area (Å²) in [7, 11) is 0. The van der Waals surface area contributed by atoms with Gasteiger partial charge in [0.15, 0.2) is 0 Å². The summed E-state index contributed by atoms with van der Waals surface area (Å²) in [6.45, 7) is 7.84. The lowest BCUT2D eigenvalue weighted by Gasteiger charge is -2.05. The Labute approximate surface area is 115 Å². The van der Waals surface area contributed by atoms with Crippen LogP contribution >= 0.6 is 0 Å². The highest BCUT2D eigenvalue weighted by atomic mass is 14.6. The molecule has 18 heavy (non-hydrogen) atoms. The molecule has 2 fully saturated rings. The third-order valence-electron chi connectivity index (χ3n) is 5.37. The number of hydrogen-bond donors (Lipinski definition) is 1. The second-order valence-electron chi connectivity index (χ2n) is 6.55. The first-order valence-corrected chi connectivity index (χ1v) is 8.43. The van der Waals surface area contributed by atoms with Gasteiger partial charge in [0.1, 0.15) is 0 Å². The molecule has 1 nitrogen and oxygen atoms in total. The highest BCUT2D eigenvalue weighted by molar-refractivity contribution is 4.74. The largest absolute Gasteiger partial charge is 0.330 e. The Kier molecular flexibility index (Phi) is 7.97. The molecular formula is C17H35N. The molecular weight excluding hydrogens is 218 g/mol. The van der Waals surface area contributed by atoms with Gasteiger partial charge in [0.05, 0.1) is 0 Å². The van der Waals surface area contributed by atoms with Crippen molar-refractivity contribution >= 4 is 0 Å². The van der Waals surface area contributed by atoms with Gasteiger partial charge in [-0.3, -0.25) is 0 Å². The highest BCUT2D eigenvalue weighted by Crippen LogP contribution is 2.34. The van der Waals surface area contributed by atoms with Gasteiger partial charge in [0.25, 0.3) is 0 Å². The Hall–Kier alpha value is -0.0400. The standard InChI is InChI=1S/C9H18.C8H17N/c1-3-8-5-6-9(4-2)7-8;1-2-7-3-4-8(5-7)6-9/h8-9H,3-7H2,1-2H3;7-8H,2-6,9H2,1H3/t8-,9-;7?,8-/m00/s1. The van der Waals surface area contributed by atoms with Crippen LogP contribution in [0.1, 0.15) is 78.6 Å². The van der Waals surface area contributed by atoms with Gasteiger partial charge in [0, 0.05) is 0 Å². The van der Waals surface area contributed by atoms with Gasteiger partial charge < -0.3 is 5.73 Å². The second-order valence-corrected chi connectivity index (χ2v) is 6.55. The van der Waals surface area contributed by atoms with Crippen molar-refractivity contribution in [2.24, 2.45) is 29.4 Å². The molecule has 0 amide bonds. The van der Waals surface area contributed by atoms with E-state index >= 15 is 0 Å². The zero-order valence-electron chi connectivity index (χ0n) is 13.0. The van der Waals surface area contributed by atoms with Crippen LogP contribution in [0.5, 0.6) is 0 Å². The molecule has 2 N–H and O–H groups in total. The highest BCUT2D eigenvalue weighted by Gasteiger charge is 2.21. The third-order valence-corrected chi connectivity index (χ3v) is 5.37. The molecule has 0 aromatic carbocycles. The molecule has 0 aliphatic heterocycles. The van der Waals surface area contributed by atoms with E-state index in [4.69, 9.17) is 5.73 Å². The molecule has 2 rings (SSSR count). The summed E-state index contributed by atoms with van der Waals surface area (Å²) < 4.78 is 0. The molecule has 4 atom stereocenters. The molecule has 0 radical (unpaired) electrons. The lowest BCUT2D eigenvalue weighted by molar-refractivity contribution is 0.471. The van der Waals surface area contributed by atoms with Crippen LogP contribution in [-0.4, -0.2) is 6.54 Å². The van der Waals surface area contributed by atoms with Crippen LogP contribution < -0.4 is 5.73 Å². The van der Waals surface area contributed by atoms with E-state index in [0.717, 1.165) is 30.2 Å². The average Bonchev–Trinajstić information content (AvgIpc) is 3.07. The summed E-state index contributed by atoms with van der Waals surface area (Å²) in [5.74, 6) is 4.01. The van der Waals surface area contributed by atoms with Crippen molar-refractivity contribution in [3.63, 3.8) is 0 Å². The van der Waals surface area contributed by atoms with Crippen molar-refractivity contribution in [2.45, 2.75) is 78.6 Å². The fourth-order valence-corrected chi connectivity index (χ4v) is 3.68. The molecule has 2 aliphatic rings. The first kappa shape index (κ1) is 16.0. The van der Waals surface area contributed by atoms with E-state index in [9.17, 15) is 0 Å². The van der Waals surface area contributed by atoms with Gasteiger partial charge in [-0.05, 0) is 49.5 Å². The lowest BCUT2D eigenvalue weighted by atomic mass is 10.0. The molecule has 0 spiro atoms. The predicted molar refractivity (Wildman–Crippen MR) is 81.6 cm³/mol. The number of rotatable bonds is 4. The summed E-state index contributed by atoms with van der Waals surface area (Å²) >= 11 is 0.